The van der Waals surface area contributed by atoms with Crippen LogP contribution in [-0.4, -0.2) is 0 Å². The Bertz CT molecular complexity index is 573. The molecule has 0 radical (unpaired) electrons. The average Bonchev–Trinajstić information content (AvgIpc) is 2.86. The van der Waals surface area contributed by atoms with E-state index in [1.165, 1.54) is 83.5 Å². The van der Waals surface area contributed by atoms with E-state index in [9.17, 15) is 0 Å². The molecular formula is C30H54. The van der Waals surface area contributed by atoms with E-state index in [1.807, 2.05) is 0 Å². The van der Waals surface area contributed by atoms with Gasteiger partial charge in [0, 0.05) is 0 Å². The van der Waals surface area contributed by atoms with Crippen molar-refractivity contribution in [1.82, 2.24) is 0 Å². The van der Waals surface area contributed by atoms with Crippen LogP contribution >= 0.6 is 0 Å². The Hall–Kier alpha value is -0.260. The zero-order valence-corrected chi connectivity index (χ0v) is 21.5. The molecule has 0 aliphatic heterocycles. The van der Waals surface area contributed by atoms with Gasteiger partial charge in [-0.05, 0) is 92.8 Å². The second kappa shape index (κ2) is 10.1. The van der Waals surface area contributed by atoms with Crippen LogP contribution in [0.4, 0.5) is 0 Å². The topological polar surface area (TPSA) is 0 Å². The molecule has 0 amide bonds. The van der Waals surface area contributed by atoms with E-state index in [0.29, 0.717) is 21.7 Å². The molecule has 4 unspecified atom stereocenters. The van der Waals surface area contributed by atoms with Crippen LogP contribution in [0, 0.1) is 21.7 Å². The van der Waals surface area contributed by atoms with Crippen molar-refractivity contribution in [3.8, 4) is 0 Å². The first-order valence-electron chi connectivity index (χ1n) is 14.2. The number of hydrogen-bond donors (Lipinski definition) is 0. The fraction of sp³-hybridized carbons (Fsp3) is 0.933. The van der Waals surface area contributed by atoms with Gasteiger partial charge in [0.25, 0.3) is 0 Å². The summed E-state index contributed by atoms with van der Waals surface area (Å²) in [5, 5.41) is 0. The molecule has 0 N–H and O–H groups in total. The molecule has 30 heavy (non-hydrogen) atoms. The third-order valence-corrected chi connectivity index (χ3v) is 10.5. The summed E-state index contributed by atoms with van der Waals surface area (Å²) in [5.41, 5.74) is 4.37. The molecule has 5 saturated carbocycles. The van der Waals surface area contributed by atoms with Crippen LogP contribution in [0.5, 0.6) is 0 Å². The highest BCUT2D eigenvalue weighted by Crippen LogP contribution is 2.82. The predicted octanol–water partition coefficient (Wildman–Crippen LogP) is 10.4. The number of hydrogen-bond acceptors (Lipinski definition) is 0. The molecule has 5 aliphatic rings. The minimum absolute atomic E-state index is 0.542. The van der Waals surface area contributed by atoms with Crippen LogP contribution in [0.25, 0.3) is 0 Å². The van der Waals surface area contributed by atoms with Crippen LogP contribution in [0.15, 0.2) is 11.6 Å². The van der Waals surface area contributed by atoms with Gasteiger partial charge in [0.2, 0.25) is 0 Å². The highest BCUT2D eigenvalue weighted by Gasteiger charge is 2.73. The van der Waals surface area contributed by atoms with E-state index in [-0.39, 0.29) is 0 Å². The first-order chi connectivity index (χ1) is 14.5. The fourth-order valence-electron chi connectivity index (χ4n) is 9.17. The summed E-state index contributed by atoms with van der Waals surface area (Å²) in [6.45, 7) is 12.2. The highest BCUT2D eigenvalue weighted by molar-refractivity contribution is 5.27. The summed E-state index contributed by atoms with van der Waals surface area (Å²) < 4.78 is 0. The van der Waals surface area contributed by atoms with Gasteiger partial charge in [-0.15, -0.1) is 0 Å². The van der Waals surface area contributed by atoms with Crippen molar-refractivity contribution in [2.45, 2.75) is 157 Å². The fourth-order valence-corrected chi connectivity index (χ4v) is 9.17. The lowest BCUT2D eigenvalue weighted by Crippen LogP contribution is -2.68. The SMILES string of the molecule is CCCC=C(C)C12CCCCC3(CCCCC)CC(CCC)(C1)C3(CCCC)CC2. The Morgan fingerprint density at radius 2 is 1.43 bits per heavy atom. The van der Waals surface area contributed by atoms with E-state index in [1.54, 1.807) is 44.1 Å². The molecule has 174 valence electrons. The largest absolute Gasteiger partial charge is 0.0851 e. The van der Waals surface area contributed by atoms with Gasteiger partial charge in [0.1, 0.15) is 0 Å². The van der Waals surface area contributed by atoms with Gasteiger partial charge >= 0.3 is 0 Å². The summed E-state index contributed by atoms with van der Waals surface area (Å²) in [7, 11) is 0. The molecule has 0 heterocycles. The van der Waals surface area contributed by atoms with Crippen LogP contribution in [-0.2, 0) is 0 Å². The Morgan fingerprint density at radius 3 is 2.13 bits per heavy atom. The second-order valence-electron chi connectivity index (χ2n) is 12.0. The van der Waals surface area contributed by atoms with Crippen molar-refractivity contribution in [2.24, 2.45) is 21.7 Å². The summed E-state index contributed by atoms with van der Waals surface area (Å²) in [6.07, 6.45) is 30.6. The minimum Gasteiger partial charge on any atom is -0.0851 e. The Labute approximate surface area is 190 Å². The van der Waals surface area contributed by atoms with E-state index in [4.69, 9.17) is 0 Å². The number of rotatable bonds is 12. The van der Waals surface area contributed by atoms with Gasteiger partial charge in [-0.3, -0.25) is 0 Å². The molecule has 5 fully saturated rings. The van der Waals surface area contributed by atoms with E-state index < -0.39 is 0 Å². The van der Waals surface area contributed by atoms with Crippen molar-refractivity contribution in [2.75, 3.05) is 0 Å². The lowest BCUT2D eigenvalue weighted by atomic mass is 9.27. The smallest absolute Gasteiger partial charge is 0.00852 e. The van der Waals surface area contributed by atoms with Gasteiger partial charge in [0.15, 0.2) is 0 Å². The molecule has 4 atom stereocenters. The van der Waals surface area contributed by atoms with Gasteiger partial charge in [-0.2, -0.15) is 0 Å². The van der Waals surface area contributed by atoms with E-state index in [2.05, 4.69) is 40.7 Å². The molecule has 0 aromatic heterocycles. The van der Waals surface area contributed by atoms with Crippen molar-refractivity contribution in [1.29, 1.82) is 0 Å². The maximum Gasteiger partial charge on any atom is -0.00852 e. The maximum absolute atomic E-state index is 2.66. The van der Waals surface area contributed by atoms with Crippen LogP contribution < -0.4 is 0 Å². The van der Waals surface area contributed by atoms with Crippen molar-refractivity contribution >= 4 is 0 Å². The van der Waals surface area contributed by atoms with Gasteiger partial charge in [-0.1, -0.05) is 97.1 Å². The van der Waals surface area contributed by atoms with Gasteiger partial charge in [-0.25, -0.2) is 0 Å². The summed E-state index contributed by atoms with van der Waals surface area (Å²) in [4.78, 5) is 0. The van der Waals surface area contributed by atoms with E-state index >= 15 is 0 Å². The second-order valence-corrected chi connectivity index (χ2v) is 12.0. The molecular weight excluding hydrogens is 360 g/mol. The standard InChI is InChI=1S/C30H54/c1-6-10-13-19-28-20-15-14-18-27(26(5)16-11-7-2)22-23-30(28,21-12-8-3)29(24-27,25-28)17-9-4/h16H,6-15,17-25H2,1-5H3. The molecule has 0 aromatic carbocycles. The summed E-state index contributed by atoms with van der Waals surface area (Å²) in [6, 6.07) is 0. The van der Waals surface area contributed by atoms with Crippen LogP contribution in [0.1, 0.15) is 157 Å². The lowest BCUT2D eigenvalue weighted by molar-refractivity contribution is -0.273. The molecule has 5 aliphatic carbocycles. The van der Waals surface area contributed by atoms with Crippen molar-refractivity contribution in [3.05, 3.63) is 11.6 Å². The molecule has 0 saturated heterocycles. The summed E-state index contributed by atoms with van der Waals surface area (Å²) >= 11 is 0. The average molecular weight is 415 g/mol. The monoisotopic (exact) mass is 414 g/mol. The highest BCUT2D eigenvalue weighted by atomic mass is 14.8. The van der Waals surface area contributed by atoms with Crippen molar-refractivity contribution in [3.63, 3.8) is 0 Å². The van der Waals surface area contributed by atoms with Crippen molar-refractivity contribution < 1.29 is 0 Å². The maximum atomic E-state index is 2.66. The molecule has 0 spiro atoms. The molecule has 4 bridgehead atoms. The first kappa shape index (κ1) is 24.4. The zero-order chi connectivity index (χ0) is 21.7. The predicted molar refractivity (Wildman–Crippen MR) is 134 cm³/mol. The Morgan fingerprint density at radius 1 is 0.667 bits per heavy atom. The molecule has 0 aromatic rings. The number of unbranched alkanes of at least 4 members (excludes halogenated alkanes) is 4. The first-order valence-corrected chi connectivity index (χ1v) is 14.2. The third kappa shape index (κ3) is 3.96. The zero-order valence-electron chi connectivity index (χ0n) is 21.5. The molecule has 0 heteroatoms. The van der Waals surface area contributed by atoms with Crippen LogP contribution in [0.2, 0.25) is 0 Å². The number of allylic oxidation sites excluding steroid dienone is 2. The van der Waals surface area contributed by atoms with Gasteiger partial charge < -0.3 is 0 Å². The third-order valence-electron chi connectivity index (χ3n) is 10.5. The quantitative estimate of drug-likeness (QED) is 0.220. The summed E-state index contributed by atoms with van der Waals surface area (Å²) in [5.74, 6) is 0. The Kier molecular flexibility index (Phi) is 8.23. The lowest BCUT2D eigenvalue weighted by Gasteiger charge is -2.77. The van der Waals surface area contributed by atoms with Crippen LogP contribution in [0.3, 0.4) is 0 Å². The molecule has 0 nitrogen and oxygen atoms in total. The normalized spacial score (nSPS) is 38.6. The molecule has 5 rings (SSSR count). The van der Waals surface area contributed by atoms with E-state index in [0.717, 1.165) is 0 Å². The Balaban J connectivity index is 2.01. The minimum atomic E-state index is 0.542. The van der Waals surface area contributed by atoms with Gasteiger partial charge in [0.05, 0.1) is 0 Å². The number of fused-ring (bicyclic) bond motifs is 1.